The number of carbonyl (C=O) groups is 2. The van der Waals surface area contributed by atoms with Crippen LogP contribution >= 0.6 is 0 Å². The fraction of sp³-hybridized carbons (Fsp3) is 0.367. The molecule has 1 amide bonds. The number of aromatic nitrogens is 1. The third-order valence-corrected chi connectivity index (χ3v) is 6.33. The first kappa shape index (κ1) is 27.3. The molecule has 0 radical (unpaired) electrons. The topological polar surface area (TPSA) is 96.0 Å². The molecule has 1 heterocycles. The van der Waals surface area contributed by atoms with Gasteiger partial charge in [0.1, 0.15) is 18.1 Å². The summed E-state index contributed by atoms with van der Waals surface area (Å²) in [6.07, 6.45) is 2.32. The standard InChI is InChI=1S/C30H34N2O6/c1-20-15-25(24-11-12-27(32-21(24)2)29(33)31-17-22-9-10-22)26(30(34)38-19-36-14-13-35-3)16-28(20)37-18-23-7-5-4-6-8-23/h4-8,11-12,15-16,22H,9-10,13-14,17-19H2,1-3H3,(H,31,33). The number of rotatable bonds is 13. The molecule has 1 aliphatic rings. The lowest BCUT2D eigenvalue weighted by Crippen LogP contribution is -2.26. The molecule has 0 atom stereocenters. The molecule has 0 spiro atoms. The van der Waals surface area contributed by atoms with Crippen molar-refractivity contribution in [2.24, 2.45) is 5.92 Å². The number of ether oxygens (including phenoxy) is 4. The van der Waals surface area contributed by atoms with E-state index in [9.17, 15) is 9.59 Å². The number of aryl methyl sites for hydroxylation is 2. The predicted molar refractivity (Wildman–Crippen MR) is 143 cm³/mol. The van der Waals surface area contributed by atoms with Crippen molar-refractivity contribution >= 4 is 11.9 Å². The quantitative estimate of drug-likeness (QED) is 0.196. The molecular formula is C30H34N2O6. The number of hydrogen-bond donors (Lipinski definition) is 1. The van der Waals surface area contributed by atoms with E-state index in [0.717, 1.165) is 29.5 Å². The summed E-state index contributed by atoms with van der Waals surface area (Å²) in [5, 5.41) is 2.94. The number of carbonyl (C=O) groups excluding carboxylic acids is 2. The van der Waals surface area contributed by atoms with E-state index >= 15 is 0 Å². The van der Waals surface area contributed by atoms with Gasteiger partial charge in [-0.25, -0.2) is 9.78 Å². The predicted octanol–water partition coefficient (Wildman–Crippen LogP) is 4.86. The van der Waals surface area contributed by atoms with Crippen LogP contribution in [0.3, 0.4) is 0 Å². The van der Waals surface area contributed by atoms with Crippen molar-refractivity contribution in [2.45, 2.75) is 33.3 Å². The van der Waals surface area contributed by atoms with E-state index in [0.29, 0.717) is 60.5 Å². The van der Waals surface area contributed by atoms with Gasteiger partial charge in [-0.1, -0.05) is 36.4 Å². The van der Waals surface area contributed by atoms with E-state index in [1.807, 2.05) is 56.3 Å². The second kappa shape index (κ2) is 13.2. The van der Waals surface area contributed by atoms with Crippen molar-refractivity contribution in [1.29, 1.82) is 0 Å². The molecule has 1 fully saturated rings. The van der Waals surface area contributed by atoms with E-state index in [4.69, 9.17) is 18.9 Å². The summed E-state index contributed by atoms with van der Waals surface area (Å²) in [5.41, 5.74) is 4.55. The third-order valence-electron chi connectivity index (χ3n) is 6.33. The average Bonchev–Trinajstić information content (AvgIpc) is 3.76. The van der Waals surface area contributed by atoms with Gasteiger partial charge in [0.2, 0.25) is 0 Å². The van der Waals surface area contributed by atoms with Crippen molar-refractivity contribution in [3.8, 4) is 16.9 Å². The van der Waals surface area contributed by atoms with E-state index in [2.05, 4.69) is 10.3 Å². The summed E-state index contributed by atoms with van der Waals surface area (Å²) in [6.45, 7) is 5.29. The maximum Gasteiger partial charge on any atom is 0.341 e. The van der Waals surface area contributed by atoms with Crippen LogP contribution in [0.1, 0.15) is 50.5 Å². The minimum Gasteiger partial charge on any atom is -0.489 e. The van der Waals surface area contributed by atoms with Crippen LogP contribution in [0.15, 0.2) is 54.6 Å². The fourth-order valence-corrected chi connectivity index (χ4v) is 3.97. The van der Waals surface area contributed by atoms with Gasteiger partial charge in [-0.05, 0) is 67.5 Å². The minimum absolute atomic E-state index is 0.194. The van der Waals surface area contributed by atoms with Crippen LogP contribution in [0, 0.1) is 19.8 Å². The maximum atomic E-state index is 13.2. The van der Waals surface area contributed by atoms with Crippen LogP contribution < -0.4 is 10.1 Å². The summed E-state index contributed by atoms with van der Waals surface area (Å²) in [5.74, 6) is 0.413. The van der Waals surface area contributed by atoms with Crippen molar-refractivity contribution < 1.29 is 28.5 Å². The molecule has 1 aliphatic carbocycles. The van der Waals surface area contributed by atoms with E-state index in [-0.39, 0.29) is 12.7 Å². The maximum absolute atomic E-state index is 13.2. The molecule has 0 unspecified atom stereocenters. The second-order valence-electron chi connectivity index (χ2n) is 9.37. The van der Waals surface area contributed by atoms with Crippen molar-refractivity contribution in [1.82, 2.24) is 10.3 Å². The number of hydrogen-bond acceptors (Lipinski definition) is 7. The third kappa shape index (κ3) is 7.40. The van der Waals surface area contributed by atoms with Gasteiger partial charge in [0.25, 0.3) is 5.91 Å². The minimum atomic E-state index is -0.548. The number of esters is 1. The Morgan fingerprint density at radius 1 is 1.00 bits per heavy atom. The summed E-state index contributed by atoms with van der Waals surface area (Å²) >= 11 is 0. The number of nitrogens with one attached hydrogen (secondary N) is 1. The Morgan fingerprint density at radius 2 is 1.79 bits per heavy atom. The zero-order chi connectivity index (χ0) is 26.9. The molecule has 8 heteroatoms. The van der Waals surface area contributed by atoms with E-state index in [1.54, 1.807) is 19.2 Å². The Bertz CT molecular complexity index is 1260. The zero-order valence-corrected chi connectivity index (χ0v) is 22.1. The second-order valence-corrected chi connectivity index (χ2v) is 9.37. The van der Waals surface area contributed by atoms with E-state index in [1.165, 1.54) is 0 Å². The highest BCUT2D eigenvalue weighted by Gasteiger charge is 2.23. The highest BCUT2D eigenvalue weighted by molar-refractivity contribution is 5.99. The Morgan fingerprint density at radius 3 is 2.50 bits per heavy atom. The monoisotopic (exact) mass is 518 g/mol. The summed E-state index contributed by atoms with van der Waals surface area (Å²) in [4.78, 5) is 30.3. The van der Waals surface area contributed by atoms with Crippen LogP contribution in [0.2, 0.25) is 0 Å². The molecular weight excluding hydrogens is 484 g/mol. The van der Waals surface area contributed by atoms with Gasteiger partial charge in [-0.3, -0.25) is 4.79 Å². The fourth-order valence-electron chi connectivity index (χ4n) is 3.97. The van der Waals surface area contributed by atoms with Gasteiger partial charge < -0.3 is 24.3 Å². The first-order chi connectivity index (χ1) is 18.5. The van der Waals surface area contributed by atoms with Gasteiger partial charge in [-0.2, -0.15) is 0 Å². The van der Waals surface area contributed by atoms with E-state index < -0.39 is 5.97 Å². The normalized spacial score (nSPS) is 12.7. The van der Waals surface area contributed by atoms with Crippen LogP contribution in [0.5, 0.6) is 5.75 Å². The lowest BCUT2D eigenvalue weighted by atomic mass is 9.95. The van der Waals surface area contributed by atoms with Gasteiger partial charge in [-0.15, -0.1) is 0 Å². The van der Waals surface area contributed by atoms with Gasteiger partial charge in [0, 0.05) is 24.9 Å². The SMILES string of the molecule is COCCOCOC(=O)c1cc(OCc2ccccc2)c(C)cc1-c1ccc(C(=O)NCC2CC2)nc1C. The molecule has 1 aromatic heterocycles. The van der Waals surface area contributed by atoms with Crippen molar-refractivity contribution in [3.05, 3.63) is 82.7 Å². The van der Waals surface area contributed by atoms with Gasteiger partial charge in [0.15, 0.2) is 6.79 Å². The highest BCUT2D eigenvalue weighted by atomic mass is 16.7. The Balaban J connectivity index is 1.59. The van der Waals surface area contributed by atoms with Crippen LogP contribution in [0.25, 0.3) is 11.1 Å². The van der Waals surface area contributed by atoms with Crippen molar-refractivity contribution in [2.75, 3.05) is 33.7 Å². The molecule has 38 heavy (non-hydrogen) atoms. The molecule has 2 aromatic carbocycles. The Kier molecular flexibility index (Phi) is 9.46. The highest BCUT2D eigenvalue weighted by Crippen LogP contribution is 2.33. The van der Waals surface area contributed by atoms with Crippen LogP contribution in [-0.2, 0) is 20.8 Å². The van der Waals surface area contributed by atoms with Crippen LogP contribution in [-0.4, -0.2) is 50.5 Å². The first-order valence-electron chi connectivity index (χ1n) is 12.8. The largest absolute Gasteiger partial charge is 0.489 e. The molecule has 1 N–H and O–H groups in total. The average molecular weight is 519 g/mol. The molecule has 1 saturated carbocycles. The molecule has 0 bridgehead atoms. The smallest absolute Gasteiger partial charge is 0.341 e. The first-order valence-corrected chi connectivity index (χ1v) is 12.8. The number of pyridine rings is 1. The van der Waals surface area contributed by atoms with Crippen molar-refractivity contribution in [3.63, 3.8) is 0 Å². The van der Waals surface area contributed by atoms with Gasteiger partial charge in [0.05, 0.1) is 18.8 Å². The Hall–Kier alpha value is -3.75. The molecule has 0 aliphatic heterocycles. The molecule has 200 valence electrons. The number of nitrogens with zero attached hydrogens (tertiary/aromatic N) is 1. The van der Waals surface area contributed by atoms with Crippen LogP contribution in [0.4, 0.5) is 0 Å². The molecule has 0 saturated heterocycles. The van der Waals surface area contributed by atoms with Gasteiger partial charge >= 0.3 is 5.97 Å². The summed E-state index contributed by atoms with van der Waals surface area (Å²) in [6, 6.07) is 16.9. The Labute approximate surface area is 223 Å². The lowest BCUT2D eigenvalue weighted by molar-refractivity contribution is -0.0435. The molecule has 4 rings (SSSR count). The molecule has 3 aromatic rings. The molecule has 8 nitrogen and oxygen atoms in total. The summed E-state index contributed by atoms with van der Waals surface area (Å²) in [7, 11) is 1.57. The number of amides is 1. The zero-order valence-electron chi connectivity index (χ0n) is 22.1. The lowest BCUT2D eigenvalue weighted by Gasteiger charge is -2.17. The number of methoxy groups -OCH3 is 1. The number of benzene rings is 2. The summed E-state index contributed by atoms with van der Waals surface area (Å²) < 4.78 is 21.7.